The van der Waals surface area contributed by atoms with Gasteiger partial charge in [0.05, 0.1) is 18.7 Å². The second-order valence-electron chi connectivity index (χ2n) is 3.85. The molecule has 0 aliphatic carbocycles. The van der Waals surface area contributed by atoms with E-state index in [-0.39, 0.29) is 12.6 Å². The molecule has 0 fully saturated rings. The molecule has 4 nitrogen and oxygen atoms in total. The number of thiophene rings is 1. The van der Waals surface area contributed by atoms with E-state index in [0.717, 1.165) is 10.0 Å². The van der Waals surface area contributed by atoms with E-state index >= 15 is 0 Å². The Morgan fingerprint density at radius 1 is 1.25 bits per heavy atom. The summed E-state index contributed by atoms with van der Waals surface area (Å²) in [5.74, 6) is 0.952. The van der Waals surface area contributed by atoms with Crippen LogP contribution in [0.5, 0.6) is 11.5 Å². The van der Waals surface area contributed by atoms with Gasteiger partial charge >= 0.3 is 5.97 Å². The molecule has 0 bridgehead atoms. The second kappa shape index (κ2) is 6.76. The Labute approximate surface area is 129 Å². The van der Waals surface area contributed by atoms with E-state index in [1.54, 1.807) is 32.4 Å². The summed E-state index contributed by atoms with van der Waals surface area (Å²) < 4.78 is 16.6. The summed E-state index contributed by atoms with van der Waals surface area (Å²) in [5, 5.41) is 1.83. The van der Waals surface area contributed by atoms with Crippen LogP contribution in [0, 0.1) is 0 Å². The third kappa shape index (κ3) is 3.32. The molecule has 106 valence electrons. The Morgan fingerprint density at radius 3 is 2.60 bits per heavy atom. The number of methoxy groups -OCH3 is 2. The van der Waals surface area contributed by atoms with Crippen LogP contribution in [0.3, 0.4) is 0 Å². The first kappa shape index (κ1) is 14.9. The van der Waals surface area contributed by atoms with E-state index in [2.05, 4.69) is 15.9 Å². The molecule has 1 aromatic heterocycles. The number of carbonyl (C=O) groups excluding carboxylic acids is 1. The van der Waals surface area contributed by atoms with Crippen molar-refractivity contribution >= 4 is 33.2 Å². The largest absolute Gasteiger partial charge is 0.496 e. The minimum Gasteiger partial charge on any atom is -0.496 e. The summed E-state index contributed by atoms with van der Waals surface area (Å²) in [6.07, 6.45) is 0. The molecule has 6 heteroatoms. The zero-order valence-electron chi connectivity index (χ0n) is 11.0. The first-order chi connectivity index (χ1) is 9.65. The standard InChI is InChI=1S/C14H13BrO4S/c1-17-11-7-10(15)12(18-2)6-9(11)8-19-14(16)13-4-3-5-20-13/h3-7H,8H2,1-2H3. The summed E-state index contributed by atoms with van der Waals surface area (Å²) in [4.78, 5) is 12.4. The molecule has 0 N–H and O–H groups in total. The molecule has 0 atom stereocenters. The minimum absolute atomic E-state index is 0.129. The molecule has 0 amide bonds. The van der Waals surface area contributed by atoms with Gasteiger partial charge in [0.1, 0.15) is 23.0 Å². The van der Waals surface area contributed by atoms with Crippen molar-refractivity contribution in [3.63, 3.8) is 0 Å². The van der Waals surface area contributed by atoms with E-state index < -0.39 is 0 Å². The molecule has 0 unspecified atom stereocenters. The lowest BCUT2D eigenvalue weighted by Crippen LogP contribution is -2.04. The molecule has 0 saturated heterocycles. The number of hydrogen-bond donors (Lipinski definition) is 0. The maximum absolute atomic E-state index is 11.8. The molecule has 0 radical (unpaired) electrons. The highest BCUT2D eigenvalue weighted by Gasteiger charge is 2.13. The Morgan fingerprint density at radius 2 is 2.00 bits per heavy atom. The molecule has 0 spiro atoms. The van der Waals surface area contributed by atoms with Gasteiger partial charge in [-0.1, -0.05) is 6.07 Å². The highest BCUT2D eigenvalue weighted by Crippen LogP contribution is 2.33. The third-order valence-corrected chi connectivity index (χ3v) is 4.11. The number of halogens is 1. The second-order valence-corrected chi connectivity index (χ2v) is 5.65. The monoisotopic (exact) mass is 356 g/mol. The summed E-state index contributed by atoms with van der Waals surface area (Å²) in [5.41, 5.74) is 0.748. The van der Waals surface area contributed by atoms with Crippen molar-refractivity contribution in [2.75, 3.05) is 14.2 Å². The Kier molecular flexibility index (Phi) is 5.03. The van der Waals surface area contributed by atoms with Crippen LogP contribution in [0.2, 0.25) is 0 Å². The highest BCUT2D eigenvalue weighted by atomic mass is 79.9. The smallest absolute Gasteiger partial charge is 0.348 e. The maximum Gasteiger partial charge on any atom is 0.348 e. The van der Waals surface area contributed by atoms with Gasteiger partial charge in [0.25, 0.3) is 0 Å². The number of hydrogen-bond acceptors (Lipinski definition) is 5. The first-order valence-corrected chi connectivity index (χ1v) is 7.44. The van der Waals surface area contributed by atoms with Crippen LogP contribution in [0.1, 0.15) is 15.2 Å². The maximum atomic E-state index is 11.8. The number of carbonyl (C=O) groups is 1. The predicted octanol–water partition coefficient (Wildman–Crippen LogP) is 3.88. The van der Waals surface area contributed by atoms with Crippen molar-refractivity contribution in [1.29, 1.82) is 0 Å². The lowest BCUT2D eigenvalue weighted by atomic mass is 10.2. The van der Waals surface area contributed by atoms with Crippen LogP contribution in [0.4, 0.5) is 0 Å². The van der Waals surface area contributed by atoms with E-state index in [1.165, 1.54) is 11.3 Å². The van der Waals surface area contributed by atoms with Crippen LogP contribution >= 0.6 is 27.3 Å². The topological polar surface area (TPSA) is 44.8 Å². The normalized spacial score (nSPS) is 10.2. The van der Waals surface area contributed by atoms with Crippen molar-refractivity contribution in [2.24, 2.45) is 0 Å². The lowest BCUT2D eigenvalue weighted by Gasteiger charge is -2.12. The van der Waals surface area contributed by atoms with Gasteiger partial charge < -0.3 is 14.2 Å². The van der Waals surface area contributed by atoms with Gasteiger partial charge in [-0.3, -0.25) is 0 Å². The lowest BCUT2D eigenvalue weighted by molar-refractivity contribution is 0.0475. The van der Waals surface area contributed by atoms with Crippen molar-refractivity contribution in [1.82, 2.24) is 0 Å². The molecular weight excluding hydrogens is 344 g/mol. The first-order valence-electron chi connectivity index (χ1n) is 5.76. The van der Waals surface area contributed by atoms with E-state index in [9.17, 15) is 4.79 Å². The summed E-state index contributed by atoms with van der Waals surface area (Å²) in [7, 11) is 3.15. The highest BCUT2D eigenvalue weighted by molar-refractivity contribution is 9.10. The zero-order valence-corrected chi connectivity index (χ0v) is 13.4. The van der Waals surface area contributed by atoms with Crippen molar-refractivity contribution in [3.8, 4) is 11.5 Å². The number of benzene rings is 1. The Balaban J connectivity index is 2.14. The molecule has 20 heavy (non-hydrogen) atoms. The summed E-state index contributed by atoms with van der Waals surface area (Å²) in [6, 6.07) is 7.11. The predicted molar refractivity (Wildman–Crippen MR) is 80.7 cm³/mol. The molecule has 1 heterocycles. The van der Waals surface area contributed by atoms with Gasteiger partial charge in [-0.15, -0.1) is 11.3 Å². The molecule has 2 aromatic rings. The molecule has 1 aromatic carbocycles. The van der Waals surface area contributed by atoms with Crippen LogP contribution < -0.4 is 9.47 Å². The fourth-order valence-electron chi connectivity index (χ4n) is 1.65. The molecule has 2 rings (SSSR count). The minimum atomic E-state index is -0.344. The van der Waals surface area contributed by atoms with E-state index in [0.29, 0.717) is 16.4 Å². The Hall–Kier alpha value is -1.53. The van der Waals surface area contributed by atoms with Crippen molar-refractivity contribution < 1.29 is 19.0 Å². The number of ether oxygens (including phenoxy) is 3. The quantitative estimate of drug-likeness (QED) is 0.762. The fourth-order valence-corrected chi connectivity index (χ4v) is 2.75. The average molecular weight is 357 g/mol. The molecular formula is C14H13BrO4S. The summed E-state index contributed by atoms with van der Waals surface area (Å²) >= 11 is 4.73. The van der Waals surface area contributed by atoms with Crippen molar-refractivity contribution in [3.05, 3.63) is 44.6 Å². The Bertz CT molecular complexity index is 595. The van der Waals surface area contributed by atoms with Crippen LogP contribution in [-0.4, -0.2) is 20.2 Å². The third-order valence-electron chi connectivity index (χ3n) is 2.64. The number of rotatable bonds is 5. The number of esters is 1. The van der Waals surface area contributed by atoms with Gasteiger partial charge in [0, 0.05) is 5.56 Å². The van der Waals surface area contributed by atoms with E-state index in [4.69, 9.17) is 14.2 Å². The molecule has 0 saturated carbocycles. The van der Waals surface area contributed by atoms with Gasteiger partial charge in [-0.2, -0.15) is 0 Å². The SMILES string of the molecule is COc1cc(COC(=O)c2cccs2)c(OC)cc1Br. The van der Waals surface area contributed by atoms with Crippen LogP contribution in [0.15, 0.2) is 34.1 Å². The molecule has 0 aliphatic rings. The molecule has 0 aliphatic heterocycles. The van der Waals surface area contributed by atoms with Crippen LogP contribution in [-0.2, 0) is 11.3 Å². The van der Waals surface area contributed by atoms with Crippen LogP contribution in [0.25, 0.3) is 0 Å². The van der Waals surface area contributed by atoms with Gasteiger partial charge in [-0.25, -0.2) is 4.79 Å². The summed E-state index contributed by atoms with van der Waals surface area (Å²) in [6.45, 7) is 0.129. The van der Waals surface area contributed by atoms with E-state index in [1.807, 2.05) is 11.4 Å². The van der Waals surface area contributed by atoms with Gasteiger partial charge in [0.15, 0.2) is 0 Å². The zero-order chi connectivity index (χ0) is 14.5. The van der Waals surface area contributed by atoms with Gasteiger partial charge in [-0.05, 0) is 39.5 Å². The fraction of sp³-hybridized carbons (Fsp3) is 0.214. The average Bonchev–Trinajstić information content (AvgIpc) is 2.99. The van der Waals surface area contributed by atoms with Crippen molar-refractivity contribution in [2.45, 2.75) is 6.61 Å². The van der Waals surface area contributed by atoms with Gasteiger partial charge in [0.2, 0.25) is 0 Å².